The number of rotatable bonds is 5. The normalized spacial score (nSPS) is 12.9. The van der Waals surface area contributed by atoms with Gasteiger partial charge in [0.2, 0.25) is 0 Å². The Morgan fingerprint density at radius 2 is 1.74 bits per heavy atom. The molecule has 1 atom stereocenters. The van der Waals surface area contributed by atoms with Gasteiger partial charge in [-0.05, 0) is 30.9 Å². The lowest BCUT2D eigenvalue weighted by molar-refractivity contribution is 0.573. The van der Waals surface area contributed by atoms with E-state index < -0.39 is 0 Å². The smallest absolute Gasteiger partial charge is 0.107 e. The van der Waals surface area contributed by atoms with Gasteiger partial charge >= 0.3 is 0 Å². The molecule has 1 aromatic heterocycles. The topological polar surface area (TPSA) is 24.9 Å². The van der Waals surface area contributed by atoms with Crippen LogP contribution in [-0.4, -0.2) is 4.98 Å². The Balaban J connectivity index is 1.94. The fraction of sp³-hybridized carbons (Fsp3) is 0.438. The highest BCUT2D eigenvalue weighted by molar-refractivity contribution is 7.11. The molecule has 0 aliphatic heterocycles. The summed E-state index contributed by atoms with van der Waals surface area (Å²) in [5.41, 5.74) is 2.73. The molecule has 0 saturated heterocycles. The Morgan fingerprint density at radius 1 is 1.11 bits per heavy atom. The molecule has 1 N–H and O–H groups in total. The van der Waals surface area contributed by atoms with Crippen LogP contribution in [0.15, 0.2) is 30.5 Å². The largest absolute Gasteiger partial charge is 0.304 e. The van der Waals surface area contributed by atoms with Gasteiger partial charge in [-0.2, -0.15) is 0 Å². The fourth-order valence-corrected chi connectivity index (χ4v) is 2.75. The third-order valence-electron chi connectivity index (χ3n) is 3.33. The number of benzene rings is 1. The molecular formula is C16H22N2S. The van der Waals surface area contributed by atoms with Crippen LogP contribution in [0.1, 0.15) is 53.7 Å². The third kappa shape index (κ3) is 3.88. The minimum atomic E-state index is 0.352. The second-order valence-corrected chi connectivity index (χ2v) is 6.61. The van der Waals surface area contributed by atoms with Crippen LogP contribution in [0.5, 0.6) is 0 Å². The van der Waals surface area contributed by atoms with Crippen LogP contribution in [0.4, 0.5) is 0 Å². The number of hydrogen-bond donors (Lipinski definition) is 1. The highest BCUT2D eigenvalue weighted by atomic mass is 32.1. The van der Waals surface area contributed by atoms with Crippen molar-refractivity contribution in [2.45, 2.75) is 46.2 Å². The first-order valence-electron chi connectivity index (χ1n) is 6.81. The molecule has 1 unspecified atom stereocenters. The van der Waals surface area contributed by atoms with E-state index >= 15 is 0 Å². The molecule has 0 aliphatic carbocycles. The maximum atomic E-state index is 4.37. The summed E-state index contributed by atoms with van der Waals surface area (Å²) in [5.74, 6) is 0.593. The SMILES string of the molecule is Cc1cnc(CNC(C)c2ccc(C(C)C)cc2)s1. The van der Waals surface area contributed by atoms with Crippen molar-refractivity contribution in [2.75, 3.05) is 0 Å². The van der Waals surface area contributed by atoms with E-state index in [2.05, 4.69) is 62.3 Å². The van der Waals surface area contributed by atoms with Crippen molar-refractivity contribution in [3.8, 4) is 0 Å². The molecule has 2 aromatic rings. The first-order chi connectivity index (χ1) is 9.06. The minimum absolute atomic E-state index is 0.352. The van der Waals surface area contributed by atoms with Crippen molar-refractivity contribution in [3.63, 3.8) is 0 Å². The van der Waals surface area contributed by atoms with Crippen molar-refractivity contribution in [1.29, 1.82) is 0 Å². The van der Waals surface area contributed by atoms with E-state index in [-0.39, 0.29) is 0 Å². The van der Waals surface area contributed by atoms with E-state index in [1.165, 1.54) is 16.0 Å². The van der Waals surface area contributed by atoms with Crippen LogP contribution in [0.25, 0.3) is 0 Å². The van der Waals surface area contributed by atoms with Crippen LogP contribution in [0, 0.1) is 6.92 Å². The fourth-order valence-electron chi connectivity index (χ4n) is 2.01. The van der Waals surface area contributed by atoms with Gasteiger partial charge in [-0.25, -0.2) is 4.98 Å². The maximum Gasteiger partial charge on any atom is 0.107 e. The molecule has 0 spiro atoms. The Labute approximate surface area is 119 Å². The Morgan fingerprint density at radius 3 is 2.26 bits per heavy atom. The highest BCUT2D eigenvalue weighted by Crippen LogP contribution is 2.19. The van der Waals surface area contributed by atoms with E-state index in [4.69, 9.17) is 0 Å². The molecular weight excluding hydrogens is 252 g/mol. The lowest BCUT2D eigenvalue weighted by Gasteiger charge is -2.14. The number of hydrogen-bond acceptors (Lipinski definition) is 3. The summed E-state index contributed by atoms with van der Waals surface area (Å²) in [6.07, 6.45) is 1.93. The lowest BCUT2D eigenvalue weighted by Crippen LogP contribution is -2.17. The van der Waals surface area contributed by atoms with E-state index in [9.17, 15) is 0 Å². The molecule has 1 heterocycles. The molecule has 1 aromatic carbocycles. The van der Waals surface area contributed by atoms with Crippen molar-refractivity contribution in [1.82, 2.24) is 10.3 Å². The van der Waals surface area contributed by atoms with E-state index in [0.717, 1.165) is 11.6 Å². The van der Waals surface area contributed by atoms with Crippen molar-refractivity contribution < 1.29 is 0 Å². The summed E-state index contributed by atoms with van der Waals surface area (Å²) < 4.78 is 0. The number of thiazole rings is 1. The van der Waals surface area contributed by atoms with Gasteiger partial charge in [-0.3, -0.25) is 0 Å². The molecule has 2 nitrogen and oxygen atoms in total. The first-order valence-corrected chi connectivity index (χ1v) is 7.62. The molecule has 102 valence electrons. The molecule has 2 rings (SSSR count). The average molecular weight is 274 g/mol. The monoisotopic (exact) mass is 274 g/mol. The molecule has 0 aliphatic rings. The molecule has 0 saturated carbocycles. The molecule has 3 heteroatoms. The van der Waals surface area contributed by atoms with Gasteiger partial charge < -0.3 is 5.32 Å². The summed E-state index contributed by atoms with van der Waals surface area (Å²) in [4.78, 5) is 5.64. The van der Waals surface area contributed by atoms with Crippen LogP contribution >= 0.6 is 11.3 Å². The van der Waals surface area contributed by atoms with E-state index in [1.54, 1.807) is 11.3 Å². The summed E-state index contributed by atoms with van der Waals surface area (Å²) >= 11 is 1.76. The zero-order valence-electron chi connectivity index (χ0n) is 12.1. The van der Waals surface area contributed by atoms with Crippen LogP contribution < -0.4 is 5.32 Å². The Kier molecular flexibility index (Phi) is 4.72. The van der Waals surface area contributed by atoms with Gasteiger partial charge in [-0.15, -0.1) is 11.3 Å². The van der Waals surface area contributed by atoms with Crippen LogP contribution in [0.3, 0.4) is 0 Å². The van der Waals surface area contributed by atoms with Gasteiger partial charge in [0.25, 0.3) is 0 Å². The average Bonchev–Trinajstić information content (AvgIpc) is 2.82. The quantitative estimate of drug-likeness (QED) is 0.872. The Bertz CT molecular complexity index is 514. The third-order valence-corrected chi connectivity index (χ3v) is 4.24. The molecule has 0 radical (unpaired) electrons. The van der Waals surface area contributed by atoms with E-state index in [1.807, 2.05) is 6.20 Å². The maximum absolute atomic E-state index is 4.37. The van der Waals surface area contributed by atoms with Crippen molar-refractivity contribution in [3.05, 3.63) is 51.5 Å². The van der Waals surface area contributed by atoms with Gasteiger partial charge in [0.1, 0.15) is 5.01 Å². The summed E-state index contributed by atoms with van der Waals surface area (Å²) in [6.45, 7) is 9.58. The number of aryl methyl sites for hydroxylation is 1. The molecule has 0 amide bonds. The van der Waals surface area contributed by atoms with Gasteiger partial charge in [0, 0.05) is 23.7 Å². The summed E-state index contributed by atoms with van der Waals surface area (Å²) in [5, 5.41) is 4.68. The van der Waals surface area contributed by atoms with Crippen molar-refractivity contribution in [2.24, 2.45) is 0 Å². The van der Waals surface area contributed by atoms with Gasteiger partial charge in [0.05, 0.1) is 0 Å². The van der Waals surface area contributed by atoms with Gasteiger partial charge in [-0.1, -0.05) is 38.1 Å². The minimum Gasteiger partial charge on any atom is -0.304 e. The standard InChI is InChI=1S/C16H22N2S/c1-11(2)14-5-7-15(8-6-14)13(4)17-10-16-18-9-12(3)19-16/h5-9,11,13,17H,10H2,1-4H3. The summed E-state index contributed by atoms with van der Waals surface area (Å²) in [6, 6.07) is 9.25. The van der Waals surface area contributed by atoms with Crippen LogP contribution in [-0.2, 0) is 6.54 Å². The molecule has 0 fully saturated rings. The highest BCUT2D eigenvalue weighted by Gasteiger charge is 2.07. The molecule has 19 heavy (non-hydrogen) atoms. The summed E-state index contributed by atoms with van der Waals surface area (Å²) in [7, 11) is 0. The molecule has 0 bridgehead atoms. The Hall–Kier alpha value is -1.19. The second-order valence-electron chi connectivity index (χ2n) is 5.29. The first kappa shape index (κ1) is 14.2. The number of nitrogens with one attached hydrogen (secondary N) is 1. The van der Waals surface area contributed by atoms with Crippen LogP contribution in [0.2, 0.25) is 0 Å². The van der Waals surface area contributed by atoms with E-state index in [0.29, 0.717) is 12.0 Å². The second kappa shape index (κ2) is 6.31. The predicted molar refractivity (Wildman–Crippen MR) is 82.6 cm³/mol. The van der Waals surface area contributed by atoms with Crippen molar-refractivity contribution >= 4 is 11.3 Å². The predicted octanol–water partition coefficient (Wildman–Crippen LogP) is 4.43. The van der Waals surface area contributed by atoms with Gasteiger partial charge in [0.15, 0.2) is 0 Å². The number of nitrogens with zero attached hydrogens (tertiary/aromatic N) is 1. The lowest BCUT2D eigenvalue weighted by atomic mass is 10.00. The number of aromatic nitrogens is 1. The zero-order valence-corrected chi connectivity index (χ0v) is 12.9. The zero-order chi connectivity index (χ0) is 13.8.